The van der Waals surface area contributed by atoms with Crippen LogP contribution in [-0.2, 0) is 0 Å². The molecule has 0 heterocycles. The molecule has 0 saturated heterocycles. The number of aryl methyl sites for hydroxylation is 2. The zero-order chi connectivity index (χ0) is 51.1. The molecule has 0 bridgehead atoms. The molecule has 1 atom stereocenters. The number of amidine groups is 1. The highest BCUT2D eigenvalue weighted by molar-refractivity contribution is 6.13. The third kappa shape index (κ3) is 10.9. The minimum absolute atomic E-state index is 0.235. The van der Waals surface area contributed by atoms with E-state index in [1.165, 1.54) is 55.7 Å². The van der Waals surface area contributed by atoms with Crippen LogP contribution in [0.3, 0.4) is 0 Å². The van der Waals surface area contributed by atoms with Crippen LogP contribution in [0.5, 0.6) is 0 Å². The Kier molecular flexibility index (Phi) is 14.0. The second kappa shape index (κ2) is 21.9. The van der Waals surface area contributed by atoms with Crippen LogP contribution in [0.2, 0.25) is 0 Å². The summed E-state index contributed by atoms with van der Waals surface area (Å²) < 4.78 is 0. The van der Waals surface area contributed by atoms with Gasteiger partial charge in [-0.15, -0.1) is 0 Å². The average molecular weight is 963 g/mol. The maximum atomic E-state index is 5.46. The monoisotopic (exact) mass is 962 g/mol. The summed E-state index contributed by atoms with van der Waals surface area (Å²) in [5, 5.41) is 0. The summed E-state index contributed by atoms with van der Waals surface area (Å²) in [7, 11) is 0. The normalized spacial score (nSPS) is 13.7. The molecule has 0 fully saturated rings. The maximum absolute atomic E-state index is 5.46. The molecule has 1 unspecified atom stereocenters. The summed E-state index contributed by atoms with van der Waals surface area (Å²) in [4.78, 5) is 10.9. The topological polar surface area (TPSA) is 24.7 Å². The number of aliphatic imine (C=N–C) groups is 2. The van der Waals surface area contributed by atoms with Crippen LogP contribution < -0.4 is 0 Å². The number of benzene rings is 10. The Labute approximate surface area is 442 Å². The Bertz CT molecular complexity index is 3760. The molecule has 1 aliphatic rings. The second-order valence-corrected chi connectivity index (χ2v) is 19.6. The van der Waals surface area contributed by atoms with Gasteiger partial charge in [-0.2, -0.15) is 0 Å². The Morgan fingerprint density at radius 2 is 0.867 bits per heavy atom. The lowest BCUT2D eigenvalue weighted by molar-refractivity contribution is 0.871. The number of allylic oxidation sites excluding steroid dienone is 4. The molecule has 0 aromatic heterocycles. The molecule has 11 rings (SSSR count). The summed E-state index contributed by atoms with van der Waals surface area (Å²) in [5.74, 6) is 0.821. The first-order chi connectivity index (χ1) is 36.8. The molecule has 1 aliphatic carbocycles. The van der Waals surface area contributed by atoms with Crippen molar-refractivity contribution in [3.8, 4) is 55.6 Å². The van der Waals surface area contributed by atoms with E-state index >= 15 is 0 Å². The second-order valence-electron chi connectivity index (χ2n) is 19.6. The first kappa shape index (κ1) is 48.1. The largest absolute Gasteiger partial charge is 0.233 e. The molecule has 2 heteroatoms. The number of nitrogens with zero attached hydrogens (tertiary/aromatic N) is 2. The Morgan fingerprint density at radius 1 is 0.387 bits per heavy atom. The molecule has 0 spiro atoms. The molecule has 0 saturated carbocycles. The number of hydrogen-bond acceptors (Lipinski definition) is 1. The predicted octanol–water partition coefficient (Wildman–Crippen LogP) is 19.2. The summed E-state index contributed by atoms with van der Waals surface area (Å²) in [6, 6.07) is 91.1. The first-order valence-electron chi connectivity index (χ1n) is 25.9. The summed E-state index contributed by atoms with van der Waals surface area (Å²) in [6.45, 7) is 11.1. The van der Waals surface area contributed by atoms with E-state index in [0.717, 1.165) is 67.8 Å². The Balaban J connectivity index is 1.01. The molecule has 0 amide bonds. The van der Waals surface area contributed by atoms with Crippen LogP contribution in [0.25, 0.3) is 72.5 Å². The fraction of sp³-hybridized carbons (Fsp3) is 0.0685. The van der Waals surface area contributed by atoms with E-state index in [9.17, 15) is 0 Å². The molecule has 360 valence electrons. The van der Waals surface area contributed by atoms with Crippen molar-refractivity contribution in [3.05, 3.63) is 318 Å². The first-order valence-corrected chi connectivity index (χ1v) is 25.9. The fourth-order valence-electron chi connectivity index (χ4n) is 10.3. The maximum Gasteiger partial charge on any atom is 0.160 e. The van der Waals surface area contributed by atoms with Crippen molar-refractivity contribution >= 4 is 28.4 Å². The van der Waals surface area contributed by atoms with Crippen LogP contribution in [0.4, 0.5) is 0 Å². The molecule has 10 aromatic rings. The number of hydrogen-bond donors (Lipinski definition) is 0. The molecule has 0 aliphatic heterocycles. The van der Waals surface area contributed by atoms with Gasteiger partial charge in [-0.1, -0.05) is 231 Å². The van der Waals surface area contributed by atoms with Crippen molar-refractivity contribution in [3.63, 3.8) is 0 Å². The van der Waals surface area contributed by atoms with Crippen LogP contribution >= 0.6 is 0 Å². The van der Waals surface area contributed by atoms with Crippen molar-refractivity contribution in [2.24, 2.45) is 9.98 Å². The van der Waals surface area contributed by atoms with Gasteiger partial charge in [-0.25, -0.2) is 9.98 Å². The van der Waals surface area contributed by atoms with Gasteiger partial charge in [-0.3, -0.25) is 0 Å². The SMILES string of the molecule is C=C(N=C(N=C(C)c1cccc(-c2ccc(C)c(-c3ccccc3C)c2)c1)c1cccc(-c2cc(-c3ccccc3)cc(-c3ccccc3)c2)c1)c1cccc(C2=CC(c3ccccc3)CC(c3ccccc3)=C2)c1. The van der Waals surface area contributed by atoms with Gasteiger partial charge in [0.25, 0.3) is 0 Å². The molecular weight excluding hydrogens is 905 g/mol. The van der Waals surface area contributed by atoms with Gasteiger partial charge in [0.1, 0.15) is 0 Å². The molecule has 0 radical (unpaired) electrons. The van der Waals surface area contributed by atoms with Gasteiger partial charge in [0.2, 0.25) is 0 Å². The van der Waals surface area contributed by atoms with Gasteiger partial charge < -0.3 is 0 Å². The smallest absolute Gasteiger partial charge is 0.160 e. The van der Waals surface area contributed by atoms with E-state index in [2.05, 4.69) is 294 Å². The molecule has 10 aromatic carbocycles. The predicted molar refractivity (Wildman–Crippen MR) is 320 cm³/mol. The minimum Gasteiger partial charge on any atom is -0.233 e. The minimum atomic E-state index is 0.235. The molecule has 2 nitrogen and oxygen atoms in total. The third-order valence-corrected chi connectivity index (χ3v) is 14.5. The zero-order valence-electron chi connectivity index (χ0n) is 42.8. The van der Waals surface area contributed by atoms with Crippen molar-refractivity contribution < 1.29 is 0 Å². The lowest BCUT2D eigenvalue weighted by atomic mass is 9.81. The van der Waals surface area contributed by atoms with Crippen molar-refractivity contribution in [1.29, 1.82) is 0 Å². The van der Waals surface area contributed by atoms with Gasteiger partial charge in [0, 0.05) is 22.8 Å². The Morgan fingerprint density at radius 3 is 1.52 bits per heavy atom. The molecule has 0 N–H and O–H groups in total. The lowest BCUT2D eigenvalue weighted by Gasteiger charge is -2.23. The highest BCUT2D eigenvalue weighted by atomic mass is 14.9. The van der Waals surface area contributed by atoms with Gasteiger partial charge in [0.05, 0.1) is 5.70 Å². The lowest BCUT2D eigenvalue weighted by Crippen LogP contribution is -2.05. The van der Waals surface area contributed by atoms with E-state index in [1.807, 2.05) is 0 Å². The summed E-state index contributed by atoms with van der Waals surface area (Å²) >= 11 is 0. The molecule has 75 heavy (non-hydrogen) atoms. The van der Waals surface area contributed by atoms with Gasteiger partial charge in [-0.05, 0) is 170 Å². The standard InChI is InChI=1S/C73H58N2/c1-50-22-17-18-37-71(50)72-49-63(39-38-51(72)2)60-33-19-31-58(40-60)52(3)74-73(64-36-21-35-62(42-64)70-47-67(56-27-13-7-14-28-56)44-68(48-70)57-29-15-8-16-30-57)75-53(4)59-32-20-34-61(41-59)69-45-65(54-23-9-5-10-24-54)43-66(46-69)55-25-11-6-12-26-55/h5-42,44-49,65H,4,43H2,1-3H3. The van der Waals surface area contributed by atoms with Crippen LogP contribution in [0.1, 0.15) is 63.8 Å². The average Bonchev–Trinajstić information content (AvgIpc) is 3.48. The quantitative estimate of drug-likeness (QED) is 0.0861. The van der Waals surface area contributed by atoms with Crippen LogP contribution in [0, 0.1) is 13.8 Å². The van der Waals surface area contributed by atoms with E-state index in [4.69, 9.17) is 9.98 Å². The Hall–Kier alpha value is -9.24. The zero-order valence-corrected chi connectivity index (χ0v) is 42.8. The molecular formula is C73H58N2. The summed E-state index contributed by atoms with van der Waals surface area (Å²) in [6.07, 6.45) is 5.71. The van der Waals surface area contributed by atoms with E-state index < -0.39 is 0 Å². The highest BCUT2D eigenvalue weighted by Crippen LogP contribution is 2.40. The van der Waals surface area contributed by atoms with Crippen molar-refractivity contribution in [2.75, 3.05) is 0 Å². The van der Waals surface area contributed by atoms with E-state index in [1.54, 1.807) is 0 Å². The fourth-order valence-corrected chi connectivity index (χ4v) is 10.3. The van der Waals surface area contributed by atoms with Gasteiger partial charge in [0.15, 0.2) is 5.84 Å². The van der Waals surface area contributed by atoms with Crippen LogP contribution in [-0.4, -0.2) is 11.5 Å². The van der Waals surface area contributed by atoms with E-state index in [0.29, 0.717) is 11.5 Å². The number of rotatable bonds is 12. The van der Waals surface area contributed by atoms with Crippen molar-refractivity contribution in [1.82, 2.24) is 0 Å². The van der Waals surface area contributed by atoms with E-state index in [-0.39, 0.29) is 5.92 Å². The third-order valence-electron chi connectivity index (χ3n) is 14.5. The summed E-state index contributed by atoms with van der Waals surface area (Å²) in [5.41, 5.74) is 24.6. The van der Waals surface area contributed by atoms with Crippen LogP contribution in [0.15, 0.2) is 284 Å². The van der Waals surface area contributed by atoms with Crippen molar-refractivity contribution in [2.45, 2.75) is 33.1 Å². The highest BCUT2D eigenvalue weighted by Gasteiger charge is 2.20. The van der Waals surface area contributed by atoms with Gasteiger partial charge >= 0.3 is 0 Å².